The number of thioether (sulfide) groups is 1. The van der Waals surface area contributed by atoms with Crippen molar-refractivity contribution in [1.29, 1.82) is 0 Å². The summed E-state index contributed by atoms with van der Waals surface area (Å²) in [7, 11) is 0. The van der Waals surface area contributed by atoms with E-state index in [1.807, 2.05) is 26.0 Å². The van der Waals surface area contributed by atoms with Crippen molar-refractivity contribution in [1.82, 2.24) is 5.32 Å². The molecular weight excluding hydrogens is 372 g/mol. The van der Waals surface area contributed by atoms with Crippen molar-refractivity contribution >= 4 is 23.6 Å². The maximum Gasteiger partial charge on any atom is 0.326 e. The minimum atomic E-state index is -2.81. The number of carboxylic acids is 1. The molecule has 1 unspecified atom stereocenters. The highest BCUT2D eigenvalue weighted by Gasteiger charge is 2.24. The molecule has 2 rings (SSSR count). The van der Waals surface area contributed by atoms with Crippen molar-refractivity contribution in [3.63, 3.8) is 0 Å². The van der Waals surface area contributed by atoms with Gasteiger partial charge >= 0.3 is 5.97 Å². The van der Waals surface area contributed by atoms with Gasteiger partial charge in [-0.2, -0.15) is 0 Å². The fourth-order valence-electron chi connectivity index (χ4n) is 2.47. The van der Waals surface area contributed by atoms with Crippen LogP contribution in [0.5, 0.6) is 0 Å². The summed E-state index contributed by atoms with van der Waals surface area (Å²) >= 11 is 1.64. The van der Waals surface area contributed by atoms with Gasteiger partial charge in [0.25, 0.3) is 5.91 Å². The summed E-state index contributed by atoms with van der Waals surface area (Å²) in [5.41, 5.74) is 3.45. The van der Waals surface area contributed by atoms with Gasteiger partial charge in [-0.25, -0.2) is 13.6 Å². The Morgan fingerprint density at radius 2 is 1.89 bits per heavy atom. The number of halogens is 2. The van der Waals surface area contributed by atoms with Crippen molar-refractivity contribution in [3.05, 3.63) is 64.7 Å². The molecule has 0 saturated heterocycles. The zero-order valence-corrected chi connectivity index (χ0v) is 15.9. The second kappa shape index (κ2) is 9.50. The Labute approximate surface area is 161 Å². The number of carbonyl (C=O) groups is 2. The molecule has 2 aromatic carbocycles. The largest absolute Gasteiger partial charge is 0.480 e. The number of rotatable bonds is 8. The standard InChI is InChI=1S/C20H21F2NO3S/c1-12-6-7-13(2)17(8-12)27-11-14-4-3-5-15(9-14)19(24)23-16(20(25)26)10-18(21)22/h3-9,16,18H,10-11H2,1-2H3,(H,23,24)(H,25,26). The van der Waals surface area contributed by atoms with Crippen LogP contribution in [0, 0.1) is 13.8 Å². The van der Waals surface area contributed by atoms with E-state index in [2.05, 4.69) is 17.4 Å². The van der Waals surface area contributed by atoms with Crippen molar-refractivity contribution in [2.45, 2.75) is 43.4 Å². The average molecular weight is 393 g/mol. The van der Waals surface area contributed by atoms with Crippen molar-refractivity contribution in [2.75, 3.05) is 0 Å². The van der Waals surface area contributed by atoms with Gasteiger partial charge in [-0.3, -0.25) is 4.79 Å². The van der Waals surface area contributed by atoms with Crippen molar-refractivity contribution < 1.29 is 23.5 Å². The lowest BCUT2D eigenvalue weighted by molar-refractivity contribution is -0.140. The smallest absolute Gasteiger partial charge is 0.326 e. The number of nitrogens with one attached hydrogen (secondary N) is 1. The van der Waals surface area contributed by atoms with E-state index in [0.29, 0.717) is 5.75 Å². The topological polar surface area (TPSA) is 66.4 Å². The van der Waals surface area contributed by atoms with Crippen LogP contribution in [0.3, 0.4) is 0 Å². The molecule has 0 spiro atoms. The Kier molecular flexibility index (Phi) is 7.36. The zero-order valence-electron chi connectivity index (χ0n) is 15.0. The number of benzene rings is 2. The molecule has 0 aromatic heterocycles. The molecule has 0 radical (unpaired) electrons. The summed E-state index contributed by atoms with van der Waals surface area (Å²) in [6.45, 7) is 4.05. The third-order valence-electron chi connectivity index (χ3n) is 3.94. The lowest BCUT2D eigenvalue weighted by atomic mass is 10.1. The van der Waals surface area contributed by atoms with Gasteiger partial charge in [0.15, 0.2) is 0 Å². The Balaban J connectivity index is 2.06. The molecule has 7 heteroatoms. The molecule has 4 nitrogen and oxygen atoms in total. The molecule has 0 heterocycles. The van der Waals surface area contributed by atoms with Gasteiger partial charge in [-0.1, -0.05) is 29.8 Å². The van der Waals surface area contributed by atoms with Crippen LogP contribution in [0.15, 0.2) is 47.4 Å². The van der Waals surface area contributed by atoms with E-state index < -0.39 is 30.8 Å². The lowest BCUT2D eigenvalue weighted by Crippen LogP contribution is -2.42. The second-order valence-electron chi connectivity index (χ2n) is 6.25. The summed E-state index contributed by atoms with van der Waals surface area (Å²) in [4.78, 5) is 24.4. The van der Waals surface area contributed by atoms with Crippen LogP contribution < -0.4 is 5.32 Å². The van der Waals surface area contributed by atoms with E-state index in [1.165, 1.54) is 6.07 Å². The number of alkyl halides is 2. The predicted octanol–water partition coefficient (Wildman–Crippen LogP) is 4.43. The fourth-order valence-corrected chi connectivity index (χ4v) is 3.53. The third-order valence-corrected chi connectivity index (χ3v) is 5.17. The van der Waals surface area contributed by atoms with Crippen molar-refractivity contribution in [3.8, 4) is 0 Å². The molecule has 1 atom stereocenters. The Morgan fingerprint density at radius 3 is 2.56 bits per heavy atom. The number of hydrogen-bond donors (Lipinski definition) is 2. The van der Waals surface area contributed by atoms with E-state index in [1.54, 1.807) is 23.9 Å². The minimum Gasteiger partial charge on any atom is -0.480 e. The summed E-state index contributed by atoms with van der Waals surface area (Å²) in [5, 5.41) is 11.1. The second-order valence-corrected chi connectivity index (χ2v) is 7.27. The Hall–Kier alpha value is -2.41. The van der Waals surface area contributed by atoms with Gasteiger partial charge in [0.2, 0.25) is 6.43 Å². The molecule has 0 aliphatic rings. The van der Waals surface area contributed by atoms with Gasteiger partial charge < -0.3 is 10.4 Å². The highest BCUT2D eigenvalue weighted by Crippen LogP contribution is 2.27. The van der Waals surface area contributed by atoms with Gasteiger partial charge in [0, 0.05) is 22.6 Å². The third kappa shape index (κ3) is 6.36. The molecule has 0 fully saturated rings. The summed E-state index contributed by atoms with van der Waals surface area (Å²) in [5.74, 6) is -1.53. The number of carboxylic acid groups (broad SMARTS) is 1. The highest BCUT2D eigenvalue weighted by molar-refractivity contribution is 7.98. The number of amides is 1. The molecule has 0 saturated carbocycles. The van der Waals surface area contributed by atoms with Gasteiger partial charge in [0.05, 0.1) is 0 Å². The van der Waals surface area contributed by atoms with E-state index in [4.69, 9.17) is 5.11 Å². The van der Waals surface area contributed by atoms with E-state index in [9.17, 15) is 18.4 Å². The number of aryl methyl sites for hydroxylation is 2. The van der Waals surface area contributed by atoms with Crippen LogP contribution in [0.2, 0.25) is 0 Å². The highest BCUT2D eigenvalue weighted by atomic mass is 32.2. The number of aliphatic carboxylic acids is 1. The van der Waals surface area contributed by atoms with Crippen LogP contribution in [-0.4, -0.2) is 29.5 Å². The molecule has 0 aliphatic heterocycles. The van der Waals surface area contributed by atoms with E-state index in [-0.39, 0.29) is 5.56 Å². The Morgan fingerprint density at radius 1 is 1.15 bits per heavy atom. The zero-order chi connectivity index (χ0) is 20.0. The summed E-state index contributed by atoms with van der Waals surface area (Å²) in [6, 6.07) is 11.3. The number of carbonyl (C=O) groups excluding carboxylic acids is 1. The van der Waals surface area contributed by atoms with E-state index >= 15 is 0 Å². The van der Waals surface area contributed by atoms with Crippen LogP contribution in [0.25, 0.3) is 0 Å². The minimum absolute atomic E-state index is 0.245. The van der Waals surface area contributed by atoms with E-state index in [0.717, 1.165) is 21.6 Å². The molecule has 1 amide bonds. The molecule has 0 bridgehead atoms. The van der Waals surface area contributed by atoms with Crippen molar-refractivity contribution in [2.24, 2.45) is 0 Å². The maximum absolute atomic E-state index is 12.5. The van der Waals surface area contributed by atoms with Crippen LogP contribution in [-0.2, 0) is 10.5 Å². The first-order valence-electron chi connectivity index (χ1n) is 8.37. The lowest BCUT2D eigenvalue weighted by Gasteiger charge is -2.14. The molecular formula is C20H21F2NO3S. The first-order chi connectivity index (χ1) is 12.8. The molecule has 2 aromatic rings. The quantitative estimate of drug-likeness (QED) is 0.651. The number of hydrogen-bond acceptors (Lipinski definition) is 3. The van der Waals surface area contributed by atoms with Crippen LogP contribution >= 0.6 is 11.8 Å². The normalized spacial score (nSPS) is 12.0. The van der Waals surface area contributed by atoms with Gasteiger partial charge in [-0.15, -0.1) is 11.8 Å². The fraction of sp³-hybridized carbons (Fsp3) is 0.300. The average Bonchev–Trinajstić information content (AvgIpc) is 2.61. The van der Waals surface area contributed by atoms with Gasteiger partial charge in [-0.05, 0) is 43.2 Å². The first-order valence-corrected chi connectivity index (χ1v) is 9.35. The predicted molar refractivity (Wildman–Crippen MR) is 101 cm³/mol. The maximum atomic E-state index is 12.5. The SMILES string of the molecule is Cc1ccc(C)c(SCc2cccc(C(=O)NC(CC(F)F)C(=O)O)c2)c1. The van der Waals surface area contributed by atoms with Crippen LogP contribution in [0.1, 0.15) is 33.5 Å². The molecule has 0 aliphatic carbocycles. The van der Waals surface area contributed by atoms with Gasteiger partial charge in [0.1, 0.15) is 6.04 Å². The molecule has 2 N–H and O–H groups in total. The molecule has 144 valence electrons. The monoisotopic (exact) mass is 393 g/mol. The first kappa shape index (κ1) is 20.9. The Bertz CT molecular complexity index is 827. The summed E-state index contributed by atoms with van der Waals surface area (Å²) in [6.07, 6.45) is -3.74. The van der Waals surface area contributed by atoms with Crippen LogP contribution in [0.4, 0.5) is 8.78 Å². The molecule has 27 heavy (non-hydrogen) atoms. The summed E-state index contributed by atoms with van der Waals surface area (Å²) < 4.78 is 24.9.